The van der Waals surface area contributed by atoms with E-state index in [4.69, 9.17) is 0 Å². The molecule has 3 heterocycles. The lowest BCUT2D eigenvalue weighted by molar-refractivity contribution is 1.17. The highest BCUT2D eigenvalue weighted by atomic mass is 15.0. The van der Waals surface area contributed by atoms with E-state index in [9.17, 15) is 0 Å². The molecule has 3 aromatic heterocycles. The van der Waals surface area contributed by atoms with E-state index >= 15 is 0 Å². The Labute approximate surface area is 339 Å². The SMILES string of the molecule is c1ccc(-n2c3ccccc3c3cc(-c4ccc5c6ccccc6n(-c6ccc7c(c6)c6ccccc6n7-c6cc7ccccc7c7ccccc67)c5c4)ccc32)cc1. The van der Waals surface area contributed by atoms with Gasteiger partial charge >= 0.3 is 0 Å². The molecule has 0 amide bonds. The molecule has 0 saturated heterocycles. The van der Waals surface area contributed by atoms with E-state index in [1.165, 1.54) is 109 Å². The van der Waals surface area contributed by atoms with Gasteiger partial charge in [-0.25, -0.2) is 0 Å². The molecule has 0 spiro atoms. The van der Waals surface area contributed by atoms with Crippen molar-refractivity contribution < 1.29 is 0 Å². The van der Waals surface area contributed by atoms with Crippen molar-refractivity contribution in [1.29, 1.82) is 0 Å². The van der Waals surface area contributed by atoms with Crippen molar-refractivity contribution in [2.24, 2.45) is 0 Å². The van der Waals surface area contributed by atoms with Crippen molar-refractivity contribution in [2.45, 2.75) is 0 Å². The number of para-hydroxylation sites is 4. The third-order valence-electron chi connectivity index (χ3n) is 12.6. The Morgan fingerprint density at radius 3 is 1.44 bits per heavy atom. The van der Waals surface area contributed by atoms with E-state index in [0.717, 1.165) is 5.69 Å². The lowest BCUT2D eigenvalue weighted by Gasteiger charge is -2.15. The maximum Gasteiger partial charge on any atom is 0.0547 e. The summed E-state index contributed by atoms with van der Waals surface area (Å²) in [5, 5.41) is 12.5. The highest BCUT2D eigenvalue weighted by molar-refractivity contribution is 6.16. The molecule has 0 fully saturated rings. The first-order valence-electron chi connectivity index (χ1n) is 20.4. The minimum Gasteiger partial charge on any atom is -0.309 e. The number of hydrogen-bond donors (Lipinski definition) is 0. The van der Waals surface area contributed by atoms with Crippen molar-refractivity contribution >= 4 is 87.0 Å². The van der Waals surface area contributed by atoms with E-state index in [-0.39, 0.29) is 0 Å². The fourth-order valence-corrected chi connectivity index (χ4v) is 10.0. The van der Waals surface area contributed by atoms with Crippen LogP contribution in [0.4, 0.5) is 0 Å². The molecule has 274 valence electrons. The molecule has 59 heavy (non-hydrogen) atoms. The van der Waals surface area contributed by atoms with E-state index < -0.39 is 0 Å². The van der Waals surface area contributed by atoms with Crippen LogP contribution in [0.1, 0.15) is 0 Å². The number of benzene rings is 10. The molecule has 0 bridgehead atoms. The van der Waals surface area contributed by atoms with Gasteiger partial charge in [-0.1, -0.05) is 140 Å². The number of nitrogens with zero attached hydrogens (tertiary/aromatic N) is 3. The maximum atomic E-state index is 2.47. The summed E-state index contributed by atoms with van der Waals surface area (Å²) < 4.78 is 7.31. The molecule has 0 N–H and O–H groups in total. The molecule has 0 aliphatic rings. The monoisotopic (exact) mass is 749 g/mol. The second-order valence-corrected chi connectivity index (χ2v) is 15.7. The highest BCUT2D eigenvalue weighted by Gasteiger charge is 2.19. The zero-order valence-corrected chi connectivity index (χ0v) is 32.0. The summed E-state index contributed by atoms with van der Waals surface area (Å²) in [6.45, 7) is 0. The molecule has 10 aromatic carbocycles. The fourth-order valence-electron chi connectivity index (χ4n) is 10.0. The molecule has 0 saturated carbocycles. The molecular formula is C56H35N3. The average molecular weight is 750 g/mol. The van der Waals surface area contributed by atoms with Gasteiger partial charge in [0.15, 0.2) is 0 Å². The van der Waals surface area contributed by atoms with Gasteiger partial charge in [0, 0.05) is 49.1 Å². The highest BCUT2D eigenvalue weighted by Crippen LogP contribution is 2.41. The Morgan fingerprint density at radius 1 is 0.220 bits per heavy atom. The Kier molecular flexibility index (Phi) is 6.72. The zero-order chi connectivity index (χ0) is 38.6. The van der Waals surface area contributed by atoms with E-state index in [1.807, 2.05) is 0 Å². The van der Waals surface area contributed by atoms with Crippen LogP contribution in [0.15, 0.2) is 212 Å². The van der Waals surface area contributed by atoms with E-state index in [0.29, 0.717) is 0 Å². The normalized spacial score (nSPS) is 12.1. The first kappa shape index (κ1) is 32.2. The molecule has 3 heteroatoms. The van der Waals surface area contributed by atoms with Crippen LogP contribution in [-0.4, -0.2) is 13.7 Å². The van der Waals surface area contributed by atoms with Crippen LogP contribution in [0.2, 0.25) is 0 Å². The van der Waals surface area contributed by atoms with Gasteiger partial charge in [0.2, 0.25) is 0 Å². The van der Waals surface area contributed by atoms with E-state index in [2.05, 4.69) is 226 Å². The predicted molar refractivity (Wildman–Crippen MR) is 250 cm³/mol. The minimum atomic E-state index is 1.15. The molecule has 13 aromatic rings. The summed E-state index contributed by atoms with van der Waals surface area (Å²) in [4.78, 5) is 0. The molecular weight excluding hydrogens is 715 g/mol. The molecule has 0 atom stereocenters. The van der Waals surface area contributed by atoms with Gasteiger partial charge in [-0.2, -0.15) is 0 Å². The van der Waals surface area contributed by atoms with Crippen LogP contribution in [0.25, 0.3) is 115 Å². The summed E-state index contributed by atoms with van der Waals surface area (Å²) in [6.07, 6.45) is 0. The summed E-state index contributed by atoms with van der Waals surface area (Å²) in [7, 11) is 0. The lowest BCUT2D eigenvalue weighted by Crippen LogP contribution is -1.97. The molecule has 0 aliphatic heterocycles. The van der Waals surface area contributed by atoms with Crippen molar-refractivity contribution in [3.8, 4) is 28.2 Å². The number of rotatable bonds is 4. The van der Waals surface area contributed by atoms with Gasteiger partial charge in [-0.15, -0.1) is 0 Å². The van der Waals surface area contributed by atoms with Gasteiger partial charge in [0.1, 0.15) is 0 Å². The summed E-state index contributed by atoms with van der Waals surface area (Å²) in [5.41, 5.74) is 13.1. The van der Waals surface area contributed by atoms with Crippen LogP contribution in [0.5, 0.6) is 0 Å². The quantitative estimate of drug-likeness (QED) is 0.159. The Hall–Kier alpha value is -7.88. The third kappa shape index (κ3) is 4.64. The number of aromatic nitrogens is 3. The first-order chi connectivity index (χ1) is 29.3. The second kappa shape index (κ2) is 12.3. The van der Waals surface area contributed by atoms with Gasteiger partial charge in [0.05, 0.1) is 38.8 Å². The lowest BCUT2D eigenvalue weighted by atomic mass is 10.00. The maximum absolute atomic E-state index is 2.47. The fraction of sp³-hybridized carbons (Fsp3) is 0. The van der Waals surface area contributed by atoms with E-state index in [1.54, 1.807) is 0 Å². The molecule has 0 aliphatic carbocycles. The molecule has 0 unspecified atom stereocenters. The molecule has 3 nitrogen and oxygen atoms in total. The van der Waals surface area contributed by atoms with Gasteiger partial charge in [0.25, 0.3) is 0 Å². The Bertz CT molecular complexity index is 3840. The van der Waals surface area contributed by atoms with Gasteiger partial charge in [-0.05, 0) is 100 Å². The van der Waals surface area contributed by atoms with Crippen molar-refractivity contribution in [2.75, 3.05) is 0 Å². The number of hydrogen-bond acceptors (Lipinski definition) is 0. The van der Waals surface area contributed by atoms with Crippen molar-refractivity contribution in [1.82, 2.24) is 13.7 Å². The summed E-state index contributed by atoms with van der Waals surface area (Å²) in [6, 6.07) is 78.0. The molecule has 0 radical (unpaired) electrons. The van der Waals surface area contributed by atoms with Crippen LogP contribution < -0.4 is 0 Å². The standard InChI is InChI=1S/C56H35N3/c1-2-15-39(16-3-1)57-51-24-12-9-21-45(51)48-32-36(27-30-53(48)57)37-26-29-47-44-20-8-11-23-50(44)58(55(47)33-37)40-28-31-54-49(35-40)46-22-10-13-25-52(46)59(54)56-34-38-14-4-5-17-41(38)42-18-6-7-19-43(42)56/h1-35H. The van der Waals surface area contributed by atoms with Gasteiger partial charge < -0.3 is 13.7 Å². The predicted octanol–water partition coefficient (Wildman–Crippen LogP) is 15.0. The largest absolute Gasteiger partial charge is 0.309 e. The zero-order valence-electron chi connectivity index (χ0n) is 32.0. The smallest absolute Gasteiger partial charge is 0.0547 e. The van der Waals surface area contributed by atoms with Crippen LogP contribution in [-0.2, 0) is 0 Å². The average Bonchev–Trinajstić information content (AvgIpc) is 3.94. The summed E-state index contributed by atoms with van der Waals surface area (Å²) >= 11 is 0. The van der Waals surface area contributed by atoms with Gasteiger partial charge in [-0.3, -0.25) is 0 Å². The topological polar surface area (TPSA) is 14.8 Å². The Morgan fingerprint density at radius 2 is 0.695 bits per heavy atom. The Balaban J connectivity index is 1.03. The van der Waals surface area contributed by atoms with Crippen LogP contribution in [0, 0.1) is 0 Å². The van der Waals surface area contributed by atoms with Crippen LogP contribution >= 0.6 is 0 Å². The summed E-state index contributed by atoms with van der Waals surface area (Å²) in [5.74, 6) is 0. The van der Waals surface area contributed by atoms with Crippen molar-refractivity contribution in [3.63, 3.8) is 0 Å². The third-order valence-corrected chi connectivity index (χ3v) is 12.6. The minimum absolute atomic E-state index is 1.15. The van der Waals surface area contributed by atoms with Crippen molar-refractivity contribution in [3.05, 3.63) is 212 Å². The number of fused-ring (bicyclic) bond motifs is 12. The second-order valence-electron chi connectivity index (χ2n) is 15.7. The first-order valence-corrected chi connectivity index (χ1v) is 20.4. The molecule has 13 rings (SSSR count). The van der Waals surface area contributed by atoms with Crippen LogP contribution in [0.3, 0.4) is 0 Å².